The third kappa shape index (κ3) is 9.28. The van der Waals surface area contributed by atoms with Crippen molar-refractivity contribution in [3.63, 3.8) is 0 Å². The summed E-state index contributed by atoms with van der Waals surface area (Å²) >= 11 is 0. The Morgan fingerprint density at radius 1 is 1.29 bits per heavy atom. The van der Waals surface area contributed by atoms with Crippen molar-refractivity contribution in [1.82, 2.24) is 4.98 Å². The summed E-state index contributed by atoms with van der Waals surface area (Å²) in [4.78, 5) is 16.8. The first-order valence-corrected chi connectivity index (χ1v) is 3.30. The average molecular weight is 381 g/mol. The summed E-state index contributed by atoms with van der Waals surface area (Å²) in [5.74, 6) is 2.94. The molecule has 0 saturated heterocycles. The van der Waals surface area contributed by atoms with Gasteiger partial charge in [-0.2, -0.15) is 5.90 Å². The van der Waals surface area contributed by atoms with Crippen LogP contribution in [0.25, 0.3) is 0 Å². The van der Waals surface area contributed by atoms with Crippen LogP contribution in [0.3, 0.4) is 0 Å². The molecule has 0 aliphatic carbocycles. The van der Waals surface area contributed by atoms with E-state index >= 15 is 0 Å². The van der Waals surface area contributed by atoms with E-state index in [1.165, 1.54) is 0 Å². The molecule has 0 aromatic carbocycles. The Morgan fingerprint density at radius 2 is 1.79 bits per heavy atom. The molecule has 1 aromatic rings. The fourth-order valence-electron chi connectivity index (χ4n) is 0.373. The molecule has 0 spiro atoms. The molecular formula is C7H10N2O4Pt. The van der Waals surface area contributed by atoms with Gasteiger partial charge in [0.25, 0.3) is 6.29 Å². The fraction of sp³-hybridized carbons (Fsp3) is 0.143. The summed E-state index contributed by atoms with van der Waals surface area (Å²) < 4.78 is 0. The van der Waals surface area contributed by atoms with Gasteiger partial charge in [0.15, 0.2) is 0 Å². The van der Waals surface area contributed by atoms with E-state index in [1.807, 2.05) is 18.2 Å². The van der Waals surface area contributed by atoms with E-state index in [4.69, 9.17) is 10.2 Å². The third-order valence-electron chi connectivity index (χ3n) is 0.893. The van der Waals surface area contributed by atoms with Gasteiger partial charge in [-0.3, -0.25) is 4.98 Å². The SMILES string of the molecule is NOC(=O)C(O)O.[Pt].c1ccncc1. The maximum Gasteiger partial charge on any atom is 0.381 e. The van der Waals surface area contributed by atoms with Gasteiger partial charge in [0.1, 0.15) is 0 Å². The second kappa shape index (κ2) is 10.3. The standard InChI is InChI=1S/C5H5N.C2H5NO4.Pt/c1-2-4-6-5-3-1;3-7-2(6)1(4)5;/h1-5H;1,4-5H,3H2;. The van der Waals surface area contributed by atoms with Crippen molar-refractivity contribution >= 4 is 5.97 Å². The van der Waals surface area contributed by atoms with Crippen molar-refractivity contribution in [3.8, 4) is 0 Å². The Bertz CT molecular complexity index is 206. The van der Waals surface area contributed by atoms with Crippen molar-refractivity contribution in [2.45, 2.75) is 6.29 Å². The van der Waals surface area contributed by atoms with Crippen molar-refractivity contribution in [2.24, 2.45) is 5.90 Å². The van der Waals surface area contributed by atoms with Gasteiger partial charge in [0.05, 0.1) is 0 Å². The monoisotopic (exact) mass is 381 g/mol. The zero-order valence-corrected chi connectivity index (χ0v) is 9.29. The van der Waals surface area contributed by atoms with E-state index in [9.17, 15) is 4.79 Å². The maximum absolute atomic E-state index is 9.66. The topological polar surface area (TPSA) is 106 Å². The van der Waals surface area contributed by atoms with Crippen molar-refractivity contribution in [2.75, 3.05) is 0 Å². The van der Waals surface area contributed by atoms with Crippen LogP contribution in [-0.2, 0) is 30.7 Å². The number of hydrogen-bond donors (Lipinski definition) is 3. The molecule has 0 radical (unpaired) electrons. The molecule has 1 heterocycles. The van der Waals surface area contributed by atoms with E-state index in [0.717, 1.165) is 0 Å². The number of nitrogens with zero attached hydrogens (tertiary/aromatic N) is 1. The molecule has 0 unspecified atom stereocenters. The van der Waals surface area contributed by atoms with Crippen LogP contribution >= 0.6 is 0 Å². The molecule has 82 valence electrons. The summed E-state index contributed by atoms with van der Waals surface area (Å²) in [5.41, 5.74) is 0. The molecule has 0 aliphatic heterocycles. The average Bonchev–Trinajstić information content (AvgIpc) is 2.20. The first kappa shape index (κ1) is 15.7. The number of aromatic nitrogens is 1. The molecule has 0 bridgehead atoms. The summed E-state index contributed by atoms with van der Waals surface area (Å²) in [6.07, 6.45) is 1.38. The number of carbonyl (C=O) groups excluding carboxylic acids is 1. The van der Waals surface area contributed by atoms with Crippen LogP contribution in [0.4, 0.5) is 0 Å². The van der Waals surface area contributed by atoms with Gasteiger partial charge >= 0.3 is 5.97 Å². The molecule has 4 N–H and O–H groups in total. The Hall–Kier alpha value is -0.812. The van der Waals surface area contributed by atoms with Crippen LogP contribution in [0.5, 0.6) is 0 Å². The zero-order chi connectivity index (χ0) is 10.1. The third-order valence-corrected chi connectivity index (χ3v) is 0.893. The molecule has 0 aliphatic rings. The van der Waals surface area contributed by atoms with Crippen LogP contribution in [0.2, 0.25) is 0 Å². The van der Waals surface area contributed by atoms with E-state index in [1.54, 1.807) is 12.4 Å². The molecule has 0 amide bonds. The summed E-state index contributed by atoms with van der Waals surface area (Å²) in [6, 6.07) is 5.72. The van der Waals surface area contributed by atoms with Crippen LogP contribution in [0.15, 0.2) is 30.6 Å². The number of aliphatic hydroxyl groups is 2. The molecule has 1 rings (SSSR count). The van der Waals surface area contributed by atoms with Gasteiger partial charge in [0, 0.05) is 33.5 Å². The van der Waals surface area contributed by atoms with Crippen LogP contribution in [-0.4, -0.2) is 27.5 Å². The first-order valence-electron chi connectivity index (χ1n) is 3.30. The molecule has 0 fully saturated rings. The molecule has 14 heavy (non-hydrogen) atoms. The van der Waals surface area contributed by atoms with Gasteiger partial charge in [-0.05, 0) is 12.1 Å². The maximum atomic E-state index is 9.66. The summed E-state index contributed by atoms with van der Waals surface area (Å²) in [6.45, 7) is 0. The van der Waals surface area contributed by atoms with Crippen LogP contribution < -0.4 is 5.90 Å². The van der Waals surface area contributed by atoms with E-state index < -0.39 is 12.3 Å². The molecule has 0 atom stereocenters. The second-order valence-electron chi connectivity index (χ2n) is 1.84. The van der Waals surface area contributed by atoms with E-state index in [2.05, 4.69) is 15.7 Å². The van der Waals surface area contributed by atoms with Gasteiger partial charge in [-0.1, -0.05) is 6.07 Å². The Kier molecular flexibility index (Phi) is 11.5. The minimum absolute atomic E-state index is 0. The molecule has 0 saturated carbocycles. The number of nitrogens with two attached hydrogens (primary N) is 1. The minimum atomic E-state index is -2.12. The van der Waals surface area contributed by atoms with Gasteiger partial charge < -0.3 is 15.1 Å². The Balaban J connectivity index is 0. The predicted molar refractivity (Wildman–Crippen MR) is 42.7 cm³/mol. The predicted octanol–water partition coefficient (Wildman–Crippen LogP) is -1.21. The van der Waals surface area contributed by atoms with Crippen LogP contribution in [0, 0.1) is 0 Å². The number of carbonyl (C=O) groups is 1. The largest absolute Gasteiger partial charge is 0.381 e. The quantitative estimate of drug-likeness (QED) is 0.417. The number of hydrogen-bond acceptors (Lipinski definition) is 6. The zero-order valence-electron chi connectivity index (χ0n) is 7.02. The van der Waals surface area contributed by atoms with E-state index in [0.29, 0.717) is 0 Å². The normalized spacial score (nSPS) is 8.00. The van der Waals surface area contributed by atoms with Gasteiger partial charge in [-0.25, -0.2) is 4.79 Å². The van der Waals surface area contributed by atoms with E-state index in [-0.39, 0.29) is 21.1 Å². The minimum Gasteiger partial charge on any atom is -0.370 e. The smallest absolute Gasteiger partial charge is 0.370 e. The van der Waals surface area contributed by atoms with Gasteiger partial charge in [-0.15, -0.1) is 0 Å². The number of aliphatic hydroxyl groups excluding tert-OH is 1. The number of rotatable bonds is 1. The molecule has 7 heteroatoms. The van der Waals surface area contributed by atoms with Crippen LogP contribution in [0.1, 0.15) is 0 Å². The Labute approximate surface area is 94.9 Å². The van der Waals surface area contributed by atoms with Crippen molar-refractivity contribution in [1.29, 1.82) is 0 Å². The van der Waals surface area contributed by atoms with Crippen molar-refractivity contribution < 1.29 is 40.9 Å². The Morgan fingerprint density at radius 3 is 1.86 bits per heavy atom. The second-order valence-corrected chi connectivity index (χ2v) is 1.84. The first-order chi connectivity index (χ1) is 6.18. The fourth-order valence-corrected chi connectivity index (χ4v) is 0.373. The number of pyridine rings is 1. The van der Waals surface area contributed by atoms with Gasteiger partial charge in [0.2, 0.25) is 0 Å². The molecule has 6 nitrogen and oxygen atoms in total. The molecular weight excluding hydrogens is 371 g/mol. The van der Waals surface area contributed by atoms with Crippen molar-refractivity contribution in [3.05, 3.63) is 30.6 Å². The summed E-state index contributed by atoms with van der Waals surface area (Å²) in [7, 11) is 0. The molecule has 1 aromatic heterocycles. The summed E-state index contributed by atoms with van der Waals surface area (Å²) in [5, 5.41) is 15.6.